The van der Waals surface area contributed by atoms with Gasteiger partial charge in [0.05, 0.1) is 25.3 Å². The van der Waals surface area contributed by atoms with Crippen LogP contribution in [-0.2, 0) is 15.9 Å². The molecule has 196 valence electrons. The van der Waals surface area contributed by atoms with E-state index in [1.165, 1.54) is 59.2 Å². The van der Waals surface area contributed by atoms with Gasteiger partial charge in [-0.15, -0.1) is 0 Å². The molecule has 0 spiro atoms. The van der Waals surface area contributed by atoms with Crippen molar-refractivity contribution in [2.45, 2.75) is 78.1 Å². The van der Waals surface area contributed by atoms with Gasteiger partial charge in [-0.05, 0) is 60.2 Å². The van der Waals surface area contributed by atoms with Crippen LogP contribution in [0.2, 0.25) is 0 Å². The number of hydrogen-bond donors (Lipinski definition) is 1. The van der Waals surface area contributed by atoms with E-state index in [0.717, 1.165) is 48.2 Å². The highest BCUT2D eigenvalue weighted by atomic mass is 16.5. The van der Waals surface area contributed by atoms with Gasteiger partial charge in [0.2, 0.25) is 0 Å². The molecule has 1 N–H and O–H groups in total. The fourth-order valence-electron chi connectivity index (χ4n) is 4.20. The molecule has 2 aromatic carbocycles. The zero-order valence-corrected chi connectivity index (χ0v) is 22.5. The lowest BCUT2D eigenvalue weighted by molar-refractivity contribution is 0.0592. The molecule has 0 bridgehead atoms. The number of hydrogen-bond acceptors (Lipinski definition) is 5. The summed E-state index contributed by atoms with van der Waals surface area (Å²) < 4.78 is 9.85. The Morgan fingerprint density at radius 3 is 1.92 bits per heavy atom. The van der Waals surface area contributed by atoms with Crippen LogP contribution in [0.3, 0.4) is 0 Å². The number of anilines is 1. The molecule has 0 unspecified atom stereocenters. The fourth-order valence-corrected chi connectivity index (χ4v) is 4.20. The van der Waals surface area contributed by atoms with E-state index in [0.29, 0.717) is 11.1 Å². The van der Waals surface area contributed by atoms with Gasteiger partial charge in [0, 0.05) is 12.2 Å². The maximum Gasteiger partial charge on any atom is 0.337 e. The third kappa shape index (κ3) is 9.52. The third-order valence-electron chi connectivity index (χ3n) is 6.38. The van der Waals surface area contributed by atoms with Gasteiger partial charge in [0.25, 0.3) is 0 Å². The van der Waals surface area contributed by atoms with Crippen molar-refractivity contribution in [3.63, 3.8) is 0 Å². The van der Waals surface area contributed by atoms with E-state index < -0.39 is 0 Å². The van der Waals surface area contributed by atoms with Gasteiger partial charge in [-0.2, -0.15) is 0 Å². The number of ether oxygens (including phenoxy) is 2. The molecule has 0 radical (unpaired) electrons. The first-order valence-electron chi connectivity index (χ1n) is 13.4. The lowest BCUT2D eigenvalue weighted by Gasteiger charge is -2.12. The first kappa shape index (κ1) is 29.2. The second-order valence-electron chi connectivity index (χ2n) is 9.18. The summed E-state index contributed by atoms with van der Waals surface area (Å²) in [6.07, 6.45) is 15.7. The van der Waals surface area contributed by atoms with Crippen molar-refractivity contribution in [1.29, 1.82) is 0 Å². The summed E-state index contributed by atoms with van der Waals surface area (Å²) in [6.45, 7) is 5.27. The highest BCUT2D eigenvalue weighted by Crippen LogP contribution is 2.24. The predicted octanol–water partition coefficient (Wildman–Crippen LogP) is 7.94. The molecule has 0 amide bonds. The smallest absolute Gasteiger partial charge is 0.337 e. The molecule has 0 aliphatic rings. The number of rotatable bonds is 16. The molecule has 0 saturated heterocycles. The number of carbonyl (C=O) groups is 2. The summed E-state index contributed by atoms with van der Waals surface area (Å²) in [5.74, 6) is -0.658. The van der Waals surface area contributed by atoms with E-state index >= 15 is 0 Å². The summed E-state index contributed by atoms with van der Waals surface area (Å²) in [7, 11) is 2.81. The molecule has 0 aliphatic carbocycles. The second kappa shape index (κ2) is 16.6. The van der Waals surface area contributed by atoms with Gasteiger partial charge in [-0.25, -0.2) is 9.59 Å². The number of nitrogens with one attached hydrogen (secondary N) is 1. The zero-order valence-electron chi connectivity index (χ0n) is 22.5. The molecular weight excluding hydrogens is 450 g/mol. The van der Waals surface area contributed by atoms with E-state index in [4.69, 9.17) is 9.47 Å². The predicted molar refractivity (Wildman–Crippen MR) is 150 cm³/mol. The van der Waals surface area contributed by atoms with Crippen molar-refractivity contribution in [2.24, 2.45) is 0 Å². The molecule has 2 rings (SSSR count). The summed E-state index contributed by atoms with van der Waals surface area (Å²) >= 11 is 0. The highest BCUT2D eigenvalue weighted by molar-refractivity contribution is 5.92. The van der Waals surface area contributed by atoms with Gasteiger partial charge in [0.1, 0.15) is 0 Å². The van der Waals surface area contributed by atoms with Crippen LogP contribution in [-0.4, -0.2) is 32.7 Å². The molecule has 5 nitrogen and oxygen atoms in total. The Morgan fingerprint density at radius 1 is 0.722 bits per heavy atom. The summed E-state index contributed by atoms with van der Waals surface area (Å²) in [6, 6.07) is 11.4. The third-order valence-corrected chi connectivity index (χ3v) is 6.38. The van der Waals surface area contributed by atoms with Crippen molar-refractivity contribution < 1.29 is 19.1 Å². The molecule has 2 aromatic rings. The first-order valence-corrected chi connectivity index (χ1v) is 13.4. The van der Waals surface area contributed by atoms with Gasteiger partial charge in [-0.1, -0.05) is 83.1 Å². The summed E-state index contributed by atoms with van der Waals surface area (Å²) in [5.41, 5.74) is 5.26. The Labute approximate surface area is 217 Å². The minimum Gasteiger partial charge on any atom is -0.465 e. The monoisotopic (exact) mass is 493 g/mol. The average molecular weight is 494 g/mol. The van der Waals surface area contributed by atoms with Crippen molar-refractivity contribution in [1.82, 2.24) is 0 Å². The normalized spacial score (nSPS) is 11.0. The second-order valence-corrected chi connectivity index (χ2v) is 9.18. The van der Waals surface area contributed by atoms with Crippen LogP contribution >= 0.6 is 0 Å². The number of carbonyl (C=O) groups excluding carboxylic acids is 2. The van der Waals surface area contributed by atoms with Crippen LogP contribution < -0.4 is 5.32 Å². The molecule has 0 saturated carbocycles. The van der Waals surface area contributed by atoms with Crippen LogP contribution in [0.5, 0.6) is 0 Å². The first-order chi connectivity index (χ1) is 17.5. The molecule has 0 aromatic heterocycles. The maximum atomic E-state index is 12.1. The topological polar surface area (TPSA) is 64.6 Å². The van der Waals surface area contributed by atoms with Crippen molar-refractivity contribution >= 4 is 29.8 Å². The largest absolute Gasteiger partial charge is 0.465 e. The summed E-state index contributed by atoms with van der Waals surface area (Å²) in [5, 5.41) is 3.51. The number of methoxy groups -OCH3 is 2. The quantitative estimate of drug-likeness (QED) is 0.146. The molecule has 0 atom stereocenters. The van der Waals surface area contributed by atoms with Gasteiger partial charge in [0.15, 0.2) is 0 Å². The SMILES string of the molecule is CCCCCCCc1cc(C(=O)OC)ccc1/C=C/c1ccc(C(=O)OC)cc1NCCCCCC. The minimum atomic E-state index is -0.344. The van der Waals surface area contributed by atoms with Crippen LogP contribution in [0.4, 0.5) is 5.69 Å². The molecule has 5 heteroatoms. The van der Waals surface area contributed by atoms with Gasteiger partial charge in [-0.3, -0.25) is 0 Å². The fraction of sp³-hybridized carbons (Fsp3) is 0.484. The Bertz CT molecular complexity index is 917. The van der Waals surface area contributed by atoms with E-state index in [2.05, 4.69) is 31.3 Å². The lowest BCUT2D eigenvalue weighted by atomic mass is 9.97. The van der Waals surface area contributed by atoms with Crippen LogP contribution in [0, 0.1) is 0 Å². The standard InChI is InChI=1S/C31H43NO4/c1-5-7-9-11-12-14-26-22-27(30(33)35-3)19-16-24(26)15-17-25-18-20-28(31(34)36-4)23-29(25)32-21-13-10-8-6-2/h15-20,22-23,32H,5-14,21H2,1-4H3/b17-15+. The van der Waals surface area contributed by atoms with Crippen LogP contribution in [0.25, 0.3) is 12.2 Å². The Balaban J connectivity index is 2.28. The number of unbranched alkanes of at least 4 members (excludes halogenated alkanes) is 7. The Hall–Kier alpha value is -3.08. The van der Waals surface area contributed by atoms with Crippen molar-refractivity contribution in [3.05, 3.63) is 64.2 Å². The van der Waals surface area contributed by atoms with E-state index in [1.807, 2.05) is 30.3 Å². The van der Waals surface area contributed by atoms with Crippen molar-refractivity contribution in [2.75, 3.05) is 26.1 Å². The minimum absolute atomic E-state index is 0.314. The van der Waals surface area contributed by atoms with E-state index in [1.54, 1.807) is 6.07 Å². The Morgan fingerprint density at radius 2 is 1.28 bits per heavy atom. The molecule has 0 heterocycles. The van der Waals surface area contributed by atoms with Gasteiger partial charge < -0.3 is 14.8 Å². The zero-order chi connectivity index (χ0) is 26.2. The molecule has 0 aliphatic heterocycles. The highest BCUT2D eigenvalue weighted by Gasteiger charge is 2.11. The summed E-state index contributed by atoms with van der Waals surface area (Å²) in [4.78, 5) is 24.2. The lowest BCUT2D eigenvalue weighted by Crippen LogP contribution is -2.06. The van der Waals surface area contributed by atoms with E-state index in [9.17, 15) is 9.59 Å². The number of esters is 2. The van der Waals surface area contributed by atoms with Gasteiger partial charge >= 0.3 is 11.9 Å². The molecule has 0 fully saturated rings. The average Bonchev–Trinajstić information content (AvgIpc) is 2.91. The van der Waals surface area contributed by atoms with Crippen LogP contribution in [0.1, 0.15) is 109 Å². The number of benzene rings is 2. The molecular formula is C31H43NO4. The van der Waals surface area contributed by atoms with E-state index in [-0.39, 0.29) is 11.9 Å². The van der Waals surface area contributed by atoms with Crippen LogP contribution in [0.15, 0.2) is 36.4 Å². The maximum absolute atomic E-state index is 12.1. The number of aryl methyl sites for hydroxylation is 1. The van der Waals surface area contributed by atoms with Crippen molar-refractivity contribution in [3.8, 4) is 0 Å². The molecule has 36 heavy (non-hydrogen) atoms. The Kier molecular flexibility index (Phi) is 13.4.